The molecular weight excluding hydrogens is 519 g/mol. The number of para-hydroxylation sites is 1. The Bertz CT molecular complexity index is 1270. The number of hydrogen-bond donors (Lipinski definition) is 0. The molecule has 0 saturated carbocycles. The summed E-state index contributed by atoms with van der Waals surface area (Å²) in [7, 11) is -1.90. The lowest BCUT2D eigenvalue weighted by atomic mass is 10.2. The quantitative estimate of drug-likeness (QED) is 0.168. The Morgan fingerprint density at radius 1 is 0.410 bits per heavy atom. The SMILES string of the molecule is [Cl-].c1ccc(OCCCCOc2ccc(C[P+](c3ccccc3)(c3ccccc3)c3ccccc3)cc2)cc1. The molecule has 0 aromatic heterocycles. The summed E-state index contributed by atoms with van der Waals surface area (Å²) in [5, 5.41) is 4.20. The normalized spacial score (nSPS) is 10.9. The van der Waals surface area contributed by atoms with Gasteiger partial charge >= 0.3 is 0 Å². The van der Waals surface area contributed by atoms with Gasteiger partial charge in [-0.15, -0.1) is 0 Å². The third-order valence-electron chi connectivity index (χ3n) is 6.75. The number of rotatable bonds is 12. The lowest BCUT2D eigenvalue weighted by Gasteiger charge is -2.28. The van der Waals surface area contributed by atoms with Gasteiger partial charge in [0, 0.05) is 0 Å². The summed E-state index contributed by atoms with van der Waals surface area (Å²) in [6, 6.07) is 51.8. The Morgan fingerprint density at radius 3 is 1.18 bits per heavy atom. The van der Waals surface area contributed by atoms with Crippen LogP contribution >= 0.6 is 7.26 Å². The minimum atomic E-state index is -1.90. The van der Waals surface area contributed by atoms with Crippen molar-refractivity contribution in [3.8, 4) is 11.5 Å². The molecule has 0 atom stereocenters. The molecule has 0 spiro atoms. The first-order valence-corrected chi connectivity index (χ1v) is 15.3. The van der Waals surface area contributed by atoms with E-state index in [1.165, 1.54) is 21.5 Å². The Hall–Kier alpha value is -3.58. The zero-order chi connectivity index (χ0) is 25.9. The van der Waals surface area contributed by atoms with Crippen LogP contribution in [0.1, 0.15) is 18.4 Å². The zero-order valence-corrected chi connectivity index (χ0v) is 23.7. The molecule has 0 heterocycles. The highest BCUT2D eigenvalue weighted by Gasteiger charge is 2.45. The maximum Gasteiger partial charge on any atom is 0.119 e. The Labute approximate surface area is 239 Å². The molecule has 0 aliphatic carbocycles. The number of benzene rings is 5. The Balaban J connectivity index is 0.00000353. The number of ether oxygens (including phenoxy) is 2. The summed E-state index contributed by atoms with van der Waals surface area (Å²) in [5.41, 5.74) is 1.32. The second kappa shape index (κ2) is 14.5. The van der Waals surface area contributed by atoms with Gasteiger partial charge in [0.1, 0.15) is 34.7 Å². The Morgan fingerprint density at radius 2 is 0.769 bits per heavy atom. The van der Waals surface area contributed by atoms with E-state index in [0.717, 1.165) is 30.5 Å². The number of hydrogen-bond acceptors (Lipinski definition) is 2. The van der Waals surface area contributed by atoms with E-state index in [-0.39, 0.29) is 12.4 Å². The van der Waals surface area contributed by atoms with Gasteiger partial charge in [-0.25, -0.2) is 0 Å². The predicted molar refractivity (Wildman–Crippen MR) is 162 cm³/mol. The monoisotopic (exact) mass is 552 g/mol. The minimum absolute atomic E-state index is 0. The van der Waals surface area contributed by atoms with Crippen LogP contribution in [0.2, 0.25) is 0 Å². The molecule has 39 heavy (non-hydrogen) atoms. The standard InChI is InChI=1S/C35H34O2P.ClH/c1-5-15-31(16-6-1)36-27-13-14-28-37-32-25-23-30(24-26-32)29-38(33-17-7-2-8-18-33,34-19-9-3-10-20-34)35-21-11-4-12-22-35;/h1-12,15-26H,13-14,27-29H2;1H/q+1;/p-1. The fourth-order valence-corrected chi connectivity index (χ4v) is 9.08. The van der Waals surface area contributed by atoms with Crippen molar-refractivity contribution in [1.29, 1.82) is 0 Å². The molecule has 0 saturated heterocycles. The summed E-state index contributed by atoms with van der Waals surface area (Å²) >= 11 is 0. The highest BCUT2D eigenvalue weighted by atomic mass is 35.5. The fourth-order valence-electron chi connectivity index (χ4n) is 4.83. The van der Waals surface area contributed by atoms with Gasteiger partial charge in [0.2, 0.25) is 0 Å². The largest absolute Gasteiger partial charge is 1.00 e. The van der Waals surface area contributed by atoms with E-state index < -0.39 is 7.26 Å². The third-order valence-corrected chi connectivity index (χ3v) is 11.1. The van der Waals surface area contributed by atoms with Gasteiger partial charge in [0.15, 0.2) is 0 Å². The van der Waals surface area contributed by atoms with Crippen LogP contribution in [0.4, 0.5) is 0 Å². The van der Waals surface area contributed by atoms with Crippen molar-refractivity contribution in [2.45, 2.75) is 19.0 Å². The number of unbranched alkanes of at least 4 members (excludes halogenated alkanes) is 1. The van der Waals surface area contributed by atoms with Crippen LogP contribution in [0.3, 0.4) is 0 Å². The molecule has 2 nitrogen and oxygen atoms in total. The van der Waals surface area contributed by atoms with Crippen molar-refractivity contribution in [1.82, 2.24) is 0 Å². The van der Waals surface area contributed by atoms with Crippen molar-refractivity contribution < 1.29 is 21.9 Å². The first kappa shape index (κ1) is 28.4. The molecule has 0 unspecified atom stereocenters. The van der Waals surface area contributed by atoms with E-state index in [9.17, 15) is 0 Å². The zero-order valence-electron chi connectivity index (χ0n) is 22.0. The van der Waals surface area contributed by atoms with Crippen LogP contribution in [0.25, 0.3) is 0 Å². The second-order valence-electron chi connectivity index (χ2n) is 9.34. The lowest BCUT2D eigenvalue weighted by molar-refractivity contribution is -0.00000833. The lowest BCUT2D eigenvalue weighted by Crippen LogP contribution is -3.00. The highest BCUT2D eigenvalue weighted by Crippen LogP contribution is 2.58. The van der Waals surface area contributed by atoms with Gasteiger partial charge in [-0.1, -0.05) is 84.9 Å². The van der Waals surface area contributed by atoms with Crippen LogP contribution < -0.4 is 37.8 Å². The van der Waals surface area contributed by atoms with Crippen molar-refractivity contribution in [3.05, 3.63) is 151 Å². The van der Waals surface area contributed by atoms with Gasteiger partial charge in [-0.2, -0.15) is 0 Å². The maximum absolute atomic E-state index is 6.05. The van der Waals surface area contributed by atoms with Crippen molar-refractivity contribution in [3.63, 3.8) is 0 Å². The van der Waals surface area contributed by atoms with E-state index in [1.807, 2.05) is 30.3 Å². The summed E-state index contributed by atoms with van der Waals surface area (Å²) in [6.07, 6.45) is 2.88. The molecule has 198 valence electrons. The van der Waals surface area contributed by atoms with Gasteiger partial charge < -0.3 is 21.9 Å². The van der Waals surface area contributed by atoms with Crippen molar-refractivity contribution in [2.75, 3.05) is 13.2 Å². The van der Waals surface area contributed by atoms with Gasteiger partial charge in [0.05, 0.1) is 19.4 Å². The summed E-state index contributed by atoms with van der Waals surface area (Å²) < 4.78 is 11.8. The van der Waals surface area contributed by atoms with Gasteiger partial charge in [-0.3, -0.25) is 0 Å². The van der Waals surface area contributed by atoms with Crippen LogP contribution in [0.5, 0.6) is 11.5 Å². The topological polar surface area (TPSA) is 18.5 Å². The summed E-state index contributed by atoms with van der Waals surface area (Å²) in [5.74, 6) is 1.84. The summed E-state index contributed by atoms with van der Waals surface area (Å²) in [4.78, 5) is 0. The van der Waals surface area contributed by atoms with E-state index in [2.05, 4.69) is 115 Å². The molecule has 0 N–H and O–H groups in total. The van der Waals surface area contributed by atoms with E-state index in [0.29, 0.717) is 13.2 Å². The van der Waals surface area contributed by atoms with E-state index in [4.69, 9.17) is 9.47 Å². The fraction of sp³-hybridized carbons (Fsp3) is 0.143. The molecule has 0 radical (unpaired) electrons. The molecule has 0 aliphatic heterocycles. The predicted octanol–water partition coefficient (Wildman–Crippen LogP) is 4.42. The molecule has 5 rings (SSSR count). The maximum atomic E-state index is 6.05. The van der Waals surface area contributed by atoms with Gasteiger partial charge in [-0.05, 0) is 79.1 Å². The molecule has 0 bridgehead atoms. The first-order chi connectivity index (χ1) is 18.8. The van der Waals surface area contributed by atoms with Gasteiger partial charge in [0.25, 0.3) is 0 Å². The first-order valence-electron chi connectivity index (χ1n) is 13.3. The summed E-state index contributed by atoms with van der Waals surface area (Å²) in [6.45, 7) is 1.39. The van der Waals surface area contributed by atoms with Crippen LogP contribution in [-0.4, -0.2) is 13.2 Å². The second-order valence-corrected chi connectivity index (χ2v) is 12.8. The van der Waals surface area contributed by atoms with E-state index in [1.54, 1.807) is 0 Å². The molecule has 0 aliphatic rings. The highest BCUT2D eigenvalue weighted by molar-refractivity contribution is 7.95. The Kier molecular flexibility index (Phi) is 10.6. The average molecular weight is 553 g/mol. The van der Waals surface area contributed by atoms with Crippen LogP contribution in [-0.2, 0) is 6.16 Å². The molecule has 0 fully saturated rings. The number of halogens is 1. The molecular formula is C35H34ClO2P. The van der Waals surface area contributed by atoms with Crippen LogP contribution in [0, 0.1) is 0 Å². The third kappa shape index (κ3) is 7.30. The average Bonchev–Trinajstić information content (AvgIpc) is 3.00. The molecule has 4 heteroatoms. The molecule has 5 aromatic carbocycles. The van der Waals surface area contributed by atoms with Crippen molar-refractivity contribution in [2.24, 2.45) is 0 Å². The van der Waals surface area contributed by atoms with E-state index >= 15 is 0 Å². The van der Waals surface area contributed by atoms with Crippen molar-refractivity contribution >= 4 is 23.2 Å². The smallest absolute Gasteiger partial charge is 0.119 e. The molecule has 0 amide bonds. The minimum Gasteiger partial charge on any atom is -1.00 e. The van der Waals surface area contributed by atoms with Crippen LogP contribution in [0.15, 0.2) is 146 Å². The molecule has 5 aromatic rings.